The van der Waals surface area contributed by atoms with Crippen LogP contribution in [0.25, 0.3) is 0 Å². The van der Waals surface area contributed by atoms with E-state index in [1.54, 1.807) is 20.8 Å². The fourth-order valence-corrected chi connectivity index (χ4v) is 2.21. The van der Waals surface area contributed by atoms with Crippen molar-refractivity contribution in [2.24, 2.45) is 5.73 Å². The van der Waals surface area contributed by atoms with Gasteiger partial charge in [-0.2, -0.15) is 0 Å². The van der Waals surface area contributed by atoms with E-state index in [2.05, 4.69) is 10.6 Å². The molecule has 0 saturated carbocycles. The number of carbonyl (C=O) groups is 3. The molecule has 2 atom stereocenters. The summed E-state index contributed by atoms with van der Waals surface area (Å²) in [6.45, 7) is 12.7. The van der Waals surface area contributed by atoms with E-state index in [1.807, 2.05) is 27.7 Å². The van der Waals surface area contributed by atoms with Crippen LogP contribution >= 0.6 is 0 Å². The number of ether oxygens (including phenoxy) is 2. The molecule has 0 bridgehead atoms. The second-order valence-corrected chi connectivity index (χ2v) is 9.45. The van der Waals surface area contributed by atoms with E-state index in [0.717, 1.165) is 0 Å². The SMILES string of the molecule is CC(C)(C)OC(=O)N[C@@H](Cc1ccc([N+](=O)[O-])cc1)C(=O)O.C[C@@H](CN)NC(=O)OC(C)(C)C. The Kier molecular flexibility index (Phi) is 12.0. The summed E-state index contributed by atoms with van der Waals surface area (Å²) < 4.78 is 10.0. The molecule has 0 aromatic heterocycles. The lowest BCUT2D eigenvalue weighted by molar-refractivity contribution is -0.384. The van der Waals surface area contributed by atoms with Crippen LogP contribution < -0.4 is 16.4 Å². The van der Waals surface area contributed by atoms with Gasteiger partial charge in [-0.15, -0.1) is 0 Å². The molecule has 0 saturated heterocycles. The van der Waals surface area contributed by atoms with E-state index in [0.29, 0.717) is 12.1 Å². The normalized spacial score (nSPS) is 12.8. The molecular weight excluding hydrogens is 448 g/mol. The lowest BCUT2D eigenvalue weighted by Crippen LogP contribution is -2.44. The van der Waals surface area contributed by atoms with E-state index in [9.17, 15) is 24.5 Å². The minimum absolute atomic E-state index is 0.00737. The Morgan fingerprint density at radius 2 is 1.44 bits per heavy atom. The molecule has 12 nitrogen and oxygen atoms in total. The number of nitro benzene ring substituents is 1. The number of rotatable bonds is 7. The second-order valence-electron chi connectivity index (χ2n) is 9.45. The largest absolute Gasteiger partial charge is 0.480 e. The summed E-state index contributed by atoms with van der Waals surface area (Å²) in [4.78, 5) is 43.9. The first-order chi connectivity index (χ1) is 15.4. The minimum atomic E-state index is -1.22. The average Bonchev–Trinajstić information content (AvgIpc) is 2.65. The zero-order chi connectivity index (χ0) is 26.7. The van der Waals surface area contributed by atoms with Gasteiger partial charge in [-0.3, -0.25) is 10.1 Å². The lowest BCUT2D eigenvalue weighted by Gasteiger charge is -2.22. The molecule has 1 rings (SSSR count). The summed E-state index contributed by atoms with van der Waals surface area (Å²) in [7, 11) is 0. The number of carbonyl (C=O) groups excluding carboxylic acids is 2. The standard InChI is InChI=1S/C14H18N2O6.C8H18N2O2/c1-14(2,3)22-13(19)15-11(12(17)18)8-9-4-6-10(7-5-9)16(20)21;1-6(5-9)10-7(11)12-8(2,3)4/h4-7,11H,8H2,1-3H3,(H,15,19)(H,17,18);6H,5,9H2,1-4H3,(H,10,11)/t11-;6-/m00/s1. The van der Waals surface area contributed by atoms with Gasteiger partial charge < -0.3 is 30.9 Å². The molecule has 34 heavy (non-hydrogen) atoms. The third-order valence-electron chi connectivity index (χ3n) is 3.69. The number of nitrogens with one attached hydrogen (secondary N) is 2. The molecule has 192 valence electrons. The third-order valence-corrected chi connectivity index (χ3v) is 3.69. The van der Waals surface area contributed by atoms with Crippen molar-refractivity contribution in [3.05, 3.63) is 39.9 Å². The Balaban J connectivity index is 0.000000770. The van der Waals surface area contributed by atoms with Crippen molar-refractivity contribution in [1.29, 1.82) is 0 Å². The van der Waals surface area contributed by atoms with E-state index in [4.69, 9.17) is 20.3 Å². The number of nitrogens with zero attached hydrogens (tertiary/aromatic N) is 1. The number of non-ortho nitro benzene ring substituents is 1. The Hall–Kier alpha value is -3.41. The fraction of sp³-hybridized carbons (Fsp3) is 0.591. The van der Waals surface area contributed by atoms with Gasteiger partial charge in [0.2, 0.25) is 0 Å². The zero-order valence-electron chi connectivity index (χ0n) is 20.7. The molecule has 0 heterocycles. The van der Waals surface area contributed by atoms with Crippen molar-refractivity contribution in [2.45, 2.75) is 78.2 Å². The second kappa shape index (κ2) is 13.3. The maximum Gasteiger partial charge on any atom is 0.408 e. The van der Waals surface area contributed by atoms with Crippen molar-refractivity contribution in [3.8, 4) is 0 Å². The first kappa shape index (κ1) is 30.6. The molecule has 5 N–H and O–H groups in total. The quantitative estimate of drug-likeness (QED) is 0.334. The Morgan fingerprint density at radius 3 is 1.79 bits per heavy atom. The lowest BCUT2D eigenvalue weighted by atomic mass is 10.1. The highest BCUT2D eigenvalue weighted by atomic mass is 16.6. The summed E-state index contributed by atoms with van der Waals surface area (Å²) in [5.41, 5.74) is 4.59. The molecule has 1 aromatic carbocycles. The van der Waals surface area contributed by atoms with Gasteiger partial charge in [0.25, 0.3) is 5.69 Å². The van der Waals surface area contributed by atoms with Crippen LogP contribution in [-0.4, -0.2) is 58.0 Å². The minimum Gasteiger partial charge on any atom is -0.480 e. The van der Waals surface area contributed by atoms with E-state index in [1.165, 1.54) is 24.3 Å². The third kappa shape index (κ3) is 14.6. The van der Waals surface area contributed by atoms with Crippen molar-refractivity contribution >= 4 is 23.8 Å². The maximum absolute atomic E-state index is 11.6. The fourth-order valence-electron chi connectivity index (χ4n) is 2.21. The molecule has 1 aromatic rings. The monoisotopic (exact) mass is 484 g/mol. The van der Waals surface area contributed by atoms with Crippen LogP contribution in [0.3, 0.4) is 0 Å². The number of carboxylic acids is 1. The summed E-state index contributed by atoms with van der Waals surface area (Å²) in [5.74, 6) is -1.22. The van der Waals surface area contributed by atoms with E-state index < -0.39 is 40.3 Å². The zero-order valence-corrected chi connectivity index (χ0v) is 20.7. The number of hydrogen-bond donors (Lipinski definition) is 4. The van der Waals surface area contributed by atoms with Crippen molar-refractivity contribution in [1.82, 2.24) is 10.6 Å². The molecule has 12 heteroatoms. The Labute approximate surface area is 199 Å². The summed E-state index contributed by atoms with van der Waals surface area (Å²) in [6, 6.07) is 4.23. The van der Waals surface area contributed by atoms with Crippen molar-refractivity contribution in [3.63, 3.8) is 0 Å². The van der Waals surface area contributed by atoms with Crippen LogP contribution in [0, 0.1) is 10.1 Å². The molecule has 2 amide bonds. The Morgan fingerprint density at radius 1 is 1.00 bits per heavy atom. The molecule has 0 fully saturated rings. The van der Waals surface area contributed by atoms with Gasteiger partial charge >= 0.3 is 18.2 Å². The highest BCUT2D eigenvalue weighted by Crippen LogP contribution is 2.14. The predicted molar refractivity (Wildman–Crippen MR) is 125 cm³/mol. The summed E-state index contributed by atoms with van der Waals surface area (Å²) >= 11 is 0. The van der Waals surface area contributed by atoms with Crippen LogP contribution in [0.5, 0.6) is 0 Å². The molecule has 0 aliphatic heterocycles. The van der Waals surface area contributed by atoms with Gasteiger partial charge in [0.05, 0.1) is 4.92 Å². The number of aliphatic carboxylic acids is 1. The van der Waals surface area contributed by atoms with Crippen LogP contribution in [-0.2, 0) is 20.7 Å². The van der Waals surface area contributed by atoms with E-state index >= 15 is 0 Å². The van der Waals surface area contributed by atoms with Gasteiger partial charge in [-0.1, -0.05) is 12.1 Å². The topological polar surface area (TPSA) is 183 Å². The van der Waals surface area contributed by atoms with Crippen molar-refractivity contribution in [2.75, 3.05) is 6.54 Å². The van der Waals surface area contributed by atoms with E-state index in [-0.39, 0.29) is 18.2 Å². The predicted octanol–water partition coefficient (Wildman–Crippen LogP) is 2.97. The molecule has 0 spiro atoms. The number of nitro groups is 1. The average molecular weight is 485 g/mol. The number of nitrogens with two attached hydrogens (primary N) is 1. The summed E-state index contributed by atoms with van der Waals surface area (Å²) in [5, 5.41) is 24.6. The first-order valence-electron chi connectivity index (χ1n) is 10.6. The first-order valence-corrected chi connectivity index (χ1v) is 10.6. The number of carboxylic acid groups (broad SMARTS) is 1. The number of amides is 2. The van der Waals surface area contributed by atoms with Crippen LogP contribution in [0.2, 0.25) is 0 Å². The van der Waals surface area contributed by atoms with Gasteiger partial charge in [0.15, 0.2) is 0 Å². The van der Waals surface area contributed by atoms with Crippen LogP contribution in [0.4, 0.5) is 15.3 Å². The molecule has 0 aliphatic rings. The molecule has 0 radical (unpaired) electrons. The maximum atomic E-state index is 11.6. The van der Waals surface area contributed by atoms with Crippen LogP contribution in [0.15, 0.2) is 24.3 Å². The van der Waals surface area contributed by atoms with Gasteiger partial charge in [0, 0.05) is 31.1 Å². The Bertz CT molecular complexity index is 829. The van der Waals surface area contributed by atoms with Gasteiger partial charge in [-0.25, -0.2) is 14.4 Å². The smallest absolute Gasteiger partial charge is 0.408 e. The molecule has 0 unspecified atom stereocenters. The highest BCUT2D eigenvalue weighted by molar-refractivity contribution is 5.80. The number of benzene rings is 1. The summed E-state index contributed by atoms with van der Waals surface area (Å²) in [6.07, 6.45) is -1.26. The van der Waals surface area contributed by atoms with Gasteiger partial charge in [0.1, 0.15) is 17.2 Å². The van der Waals surface area contributed by atoms with Gasteiger partial charge in [-0.05, 0) is 54.0 Å². The number of hydrogen-bond acceptors (Lipinski definition) is 8. The highest BCUT2D eigenvalue weighted by Gasteiger charge is 2.24. The van der Waals surface area contributed by atoms with Crippen LogP contribution in [0.1, 0.15) is 54.0 Å². The number of alkyl carbamates (subject to hydrolysis) is 2. The molecule has 0 aliphatic carbocycles. The molecular formula is C22H36N4O8. The van der Waals surface area contributed by atoms with Crippen molar-refractivity contribution < 1.29 is 33.9 Å².